The third-order valence-electron chi connectivity index (χ3n) is 5.21. The number of amides is 1. The molecule has 37 heavy (non-hydrogen) atoms. The molecule has 4 aromatic carbocycles. The maximum Gasteiger partial charge on any atom is 0.264 e. The minimum Gasteiger partial charge on any atom is -0.491 e. The number of hydrogen-bond acceptors (Lipinski definition) is 5. The van der Waals surface area contributed by atoms with Crippen LogP contribution in [-0.4, -0.2) is 27.0 Å². The van der Waals surface area contributed by atoms with E-state index in [-0.39, 0.29) is 11.0 Å². The van der Waals surface area contributed by atoms with Gasteiger partial charge in [0.25, 0.3) is 10.0 Å². The van der Waals surface area contributed by atoms with Crippen molar-refractivity contribution in [3.63, 3.8) is 0 Å². The van der Waals surface area contributed by atoms with Crippen molar-refractivity contribution in [3.8, 4) is 17.2 Å². The fraction of sp³-hybridized carbons (Fsp3) is 0.138. The number of nitrogens with zero attached hydrogens (tertiary/aromatic N) is 1. The molecule has 0 aliphatic rings. The van der Waals surface area contributed by atoms with E-state index in [0.29, 0.717) is 28.6 Å². The molecule has 0 heterocycles. The number of sulfonamides is 1. The van der Waals surface area contributed by atoms with Gasteiger partial charge in [0.05, 0.1) is 16.7 Å². The van der Waals surface area contributed by atoms with Crippen molar-refractivity contribution in [3.05, 3.63) is 109 Å². The Hall–Kier alpha value is -4.30. The normalized spacial score (nSPS) is 11.1. The minimum atomic E-state index is -4.03. The lowest BCUT2D eigenvalue weighted by Gasteiger charge is -2.24. The summed E-state index contributed by atoms with van der Waals surface area (Å²) in [6, 6.07) is 30.8. The molecule has 0 aliphatic carbocycles. The monoisotopic (exact) mass is 516 g/mol. The highest BCUT2D eigenvalue weighted by Crippen LogP contribution is 2.28. The Morgan fingerprint density at radius 2 is 1.38 bits per heavy atom. The van der Waals surface area contributed by atoms with Crippen molar-refractivity contribution in [1.29, 1.82) is 0 Å². The number of carbonyl (C=O) groups is 1. The van der Waals surface area contributed by atoms with E-state index in [9.17, 15) is 13.2 Å². The Kier molecular flexibility index (Phi) is 8.10. The molecule has 0 aromatic heterocycles. The number of anilines is 2. The summed E-state index contributed by atoms with van der Waals surface area (Å²) in [5.74, 6) is 1.31. The van der Waals surface area contributed by atoms with Gasteiger partial charge >= 0.3 is 0 Å². The summed E-state index contributed by atoms with van der Waals surface area (Å²) in [6.07, 6.45) is -0.0219. The summed E-state index contributed by atoms with van der Waals surface area (Å²) in [6.45, 7) is 3.40. The molecule has 0 spiro atoms. The summed E-state index contributed by atoms with van der Waals surface area (Å²) in [5.41, 5.74) is 0.836. The first-order valence-electron chi connectivity index (χ1n) is 11.8. The zero-order chi connectivity index (χ0) is 26.3. The molecule has 7 nitrogen and oxygen atoms in total. The van der Waals surface area contributed by atoms with Gasteiger partial charge in [-0.25, -0.2) is 8.42 Å². The maximum absolute atomic E-state index is 13.6. The lowest BCUT2D eigenvalue weighted by atomic mass is 10.3. The van der Waals surface area contributed by atoms with E-state index in [0.717, 1.165) is 4.31 Å². The minimum absolute atomic E-state index is 0.0219. The predicted molar refractivity (Wildman–Crippen MR) is 145 cm³/mol. The number of para-hydroxylation sites is 1. The molecule has 0 atom stereocenters. The molecular formula is C29H28N2O5S. The smallest absolute Gasteiger partial charge is 0.264 e. The van der Waals surface area contributed by atoms with Crippen LogP contribution in [0.5, 0.6) is 17.2 Å². The molecule has 4 aromatic rings. The highest BCUT2D eigenvalue weighted by molar-refractivity contribution is 7.92. The first-order valence-corrected chi connectivity index (χ1v) is 13.2. The number of carbonyl (C=O) groups excluding carboxylic acids is 1. The molecule has 0 bridgehead atoms. The van der Waals surface area contributed by atoms with Crippen LogP contribution in [-0.2, 0) is 14.8 Å². The number of rotatable bonds is 10. The molecule has 0 aliphatic heterocycles. The molecule has 0 radical (unpaired) electrons. The Balaban J connectivity index is 1.58. The van der Waals surface area contributed by atoms with E-state index in [1.165, 1.54) is 12.1 Å². The van der Waals surface area contributed by atoms with Gasteiger partial charge in [-0.1, -0.05) is 42.5 Å². The van der Waals surface area contributed by atoms with E-state index in [4.69, 9.17) is 9.47 Å². The number of benzene rings is 4. The van der Waals surface area contributed by atoms with Crippen LogP contribution in [0.4, 0.5) is 11.4 Å². The molecule has 0 fully saturated rings. The second-order valence-corrected chi connectivity index (χ2v) is 10.3. The molecule has 0 saturated carbocycles. The standard InChI is InChI=1S/C29H28N2O5S/c1-22(2)35-27-13-9-10-23(20-27)30-29(32)21-31(37(33,34)28-14-7-4-8-15-28)24-16-18-26(19-17-24)36-25-11-5-3-6-12-25/h3-20,22H,21H2,1-2H3,(H,30,32). The van der Waals surface area contributed by atoms with E-state index in [1.807, 2.05) is 44.2 Å². The first kappa shape index (κ1) is 25.8. The van der Waals surface area contributed by atoms with Gasteiger partial charge in [0, 0.05) is 11.8 Å². The van der Waals surface area contributed by atoms with Crippen LogP contribution < -0.4 is 19.1 Å². The van der Waals surface area contributed by atoms with Crippen LogP contribution in [0.15, 0.2) is 114 Å². The van der Waals surface area contributed by atoms with Gasteiger partial charge < -0.3 is 14.8 Å². The highest BCUT2D eigenvalue weighted by Gasteiger charge is 2.27. The topological polar surface area (TPSA) is 84.9 Å². The van der Waals surface area contributed by atoms with Gasteiger partial charge in [0.1, 0.15) is 23.8 Å². The lowest BCUT2D eigenvalue weighted by molar-refractivity contribution is -0.114. The van der Waals surface area contributed by atoms with Crippen molar-refractivity contribution in [1.82, 2.24) is 0 Å². The zero-order valence-corrected chi connectivity index (χ0v) is 21.4. The van der Waals surface area contributed by atoms with Crippen LogP contribution in [0.25, 0.3) is 0 Å². The largest absolute Gasteiger partial charge is 0.491 e. The number of ether oxygens (including phenoxy) is 2. The summed E-state index contributed by atoms with van der Waals surface area (Å²) in [4.78, 5) is 13.1. The molecule has 1 N–H and O–H groups in total. The van der Waals surface area contributed by atoms with Crippen LogP contribution in [0.2, 0.25) is 0 Å². The van der Waals surface area contributed by atoms with Crippen LogP contribution >= 0.6 is 0 Å². The predicted octanol–water partition coefficient (Wildman–Crippen LogP) is 6.10. The fourth-order valence-corrected chi connectivity index (χ4v) is 5.03. The third kappa shape index (κ3) is 6.89. The van der Waals surface area contributed by atoms with Gasteiger partial charge in [0.2, 0.25) is 5.91 Å². The molecular weight excluding hydrogens is 488 g/mol. The summed E-state index contributed by atoms with van der Waals surface area (Å²) in [7, 11) is -4.03. The Labute approximate surface area is 217 Å². The van der Waals surface area contributed by atoms with Crippen LogP contribution in [0.3, 0.4) is 0 Å². The highest BCUT2D eigenvalue weighted by atomic mass is 32.2. The zero-order valence-electron chi connectivity index (χ0n) is 20.6. The van der Waals surface area contributed by atoms with Crippen molar-refractivity contribution >= 4 is 27.3 Å². The lowest BCUT2D eigenvalue weighted by Crippen LogP contribution is -2.38. The van der Waals surface area contributed by atoms with Gasteiger partial charge in [-0.3, -0.25) is 9.10 Å². The molecule has 190 valence electrons. The first-order chi connectivity index (χ1) is 17.8. The quantitative estimate of drug-likeness (QED) is 0.275. The Morgan fingerprint density at radius 3 is 2.03 bits per heavy atom. The average molecular weight is 517 g/mol. The second-order valence-electron chi connectivity index (χ2n) is 8.48. The summed E-state index contributed by atoms with van der Waals surface area (Å²) < 4.78 is 39.7. The molecule has 1 amide bonds. The maximum atomic E-state index is 13.6. The third-order valence-corrected chi connectivity index (χ3v) is 7.00. The number of nitrogens with one attached hydrogen (secondary N) is 1. The Morgan fingerprint density at radius 1 is 0.784 bits per heavy atom. The van der Waals surface area contributed by atoms with Gasteiger partial charge in [-0.2, -0.15) is 0 Å². The van der Waals surface area contributed by atoms with Gasteiger partial charge in [-0.05, 0) is 74.5 Å². The van der Waals surface area contributed by atoms with E-state index in [2.05, 4.69) is 5.32 Å². The van der Waals surface area contributed by atoms with Gasteiger partial charge in [-0.15, -0.1) is 0 Å². The van der Waals surface area contributed by atoms with Crippen molar-refractivity contribution in [2.24, 2.45) is 0 Å². The van der Waals surface area contributed by atoms with E-state index < -0.39 is 22.5 Å². The van der Waals surface area contributed by atoms with Crippen molar-refractivity contribution in [2.75, 3.05) is 16.2 Å². The average Bonchev–Trinajstić information content (AvgIpc) is 2.89. The molecule has 0 saturated heterocycles. The number of hydrogen-bond donors (Lipinski definition) is 1. The van der Waals surface area contributed by atoms with Crippen LogP contribution in [0.1, 0.15) is 13.8 Å². The summed E-state index contributed by atoms with van der Waals surface area (Å²) >= 11 is 0. The summed E-state index contributed by atoms with van der Waals surface area (Å²) in [5, 5.41) is 2.77. The van der Waals surface area contributed by atoms with Crippen molar-refractivity contribution < 1.29 is 22.7 Å². The SMILES string of the molecule is CC(C)Oc1cccc(NC(=O)CN(c2ccc(Oc3ccccc3)cc2)S(=O)(=O)c2ccccc2)c1. The van der Waals surface area contributed by atoms with Crippen molar-refractivity contribution in [2.45, 2.75) is 24.8 Å². The van der Waals surface area contributed by atoms with E-state index >= 15 is 0 Å². The Bertz CT molecular complexity index is 1420. The molecule has 4 rings (SSSR count). The second kappa shape index (κ2) is 11.6. The molecule has 0 unspecified atom stereocenters. The van der Waals surface area contributed by atoms with Gasteiger partial charge in [0.15, 0.2) is 0 Å². The fourth-order valence-electron chi connectivity index (χ4n) is 3.59. The molecule has 8 heteroatoms. The van der Waals surface area contributed by atoms with Crippen LogP contribution in [0, 0.1) is 0 Å². The van der Waals surface area contributed by atoms with E-state index in [1.54, 1.807) is 66.7 Å².